The number of aromatic hydroxyl groups is 1. The predicted molar refractivity (Wildman–Crippen MR) is 139 cm³/mol. The fourth-order valence-corrected chi connectivity index (χ4v) is 3.59. The quantitative estimate of drug-likeness (QED) is 0.260. The molecule has 0 aliphatic rings. The number of nitrogens with zero attached hydrogens (tertiary/aromatic N) is 1. The highest BCUT2D eigenvalue weighted by Gasteiger charge is 2.37. The van der Waals surface area contributed by atoms with Gasteiger partial charge in [0.25, 0.3) is 0 Å². The number of carbonyl (C=O) groups excluding carboxylic acids is 5. The number of nitrogens with one attached hydrogen (secondary N) is 2. The Morgan fingerprint density at radius 2 is 1.74 bits per heavy atom. The smallest absolute Gasteiger partial charge is 0.408 e. The molecule has 1 aromatic carbocycles. The van der Waals surface area contributed by atoms with Crippen LogP contribution in [0.15, 0.2) is 24.3 Å². The fourth-order valence-electron chi connectivity index (χ4n) is 3.59. The van der Waals surface area contributed by atoms with Crippen molar-refractivity contribution in [2.45, 2.75) is 78.0 Å². The van der Waals surface area contributed by atoms with Crippen LogP contribution in [0.4, 0.5) is 4.79 Å². The molecular weight excluding hydrogens is 496 g/mol. The number of alkyl carbamates (subject to hydrolysis) is 1. The third kappa shape index (κ3) is 11.1. The van der Waals surface area contributed by atoms with Crippen LogP contribution in [0.1, 0.15) is 71.9 Å². The van der Waals surface area contributed by atoms with Crippen molar-refractivity contribution in [1.29, 1.82) is 0 Å². The van der Waals surface area contributed by atoms with Gasteiger partial charge in [0.1, 0.15) is 23.4 Å². The molecular formula is C26H40N4O8. The molecule has 0 heterocycles. The van der Waals surface area contributed by atoms with Crippen LogP contribution < -0.4 is 16.4 Å². The summed E-state index contributed by atoms with van der Waals surface area (Å²) in [7, 11) is 0. The molecule has 0 saturated carbocycles. The number of carbonyl (C=O) groups is 5. The van der Waals surface area contributed by atoms with E-state index in [1.807, 2.05) is 0 Å². The molecule has 0 saturated heterocycles. The highest BCUT2D eigenvalue weighted by Crippen LogP contribution is 2.30. The maximum absolute atomic E-state index is 13.8. The molecule has 0 spiro atoms. The average molecular weight is 537 g/mol. The number of phenolic OH excluding ortho intramolecular Hbond substituents is 1. The zero-order chi connectivity index (χ0) is 28.9. The number of nitrogens with two attached hydrogens (primary N) is 1. The number of primary amides is 1. The molecule has 38 heavy (non-hydrogen) atoms. The second kappa shape index (κ2) is 15.4. The molecule has 1 aromatic rings. The van der Waals surface area contributed by atoms with Crippen molar-refractivity contribution in [1.82, 2.24) is 15.5 Å². The van der Waals surface area contributed by atoms with E-state index in [4.69, 9.17) is 15.2 Å². The van der Waals surface area contributed by atoms with E-state index < -0.39 is 47.5 Å². The molecule has 0 radical (unpaired) electrons. The lowest BCUT2D eigenvalue weighted by atomic mass is 10.0. The molecule has 0 bridgehead atoms. The maximum atomic E-state index is 13.8. The monoisotopic (exact) mass is 536 g/mol. The van der Waals surface area contributed by atoms with Crippen molar-refractivity contribution in [2.24, 2.45) is 5.73 Å². The predicted octanol–water partition coefficient (Wildman–Crippen LogP) is 1.90. The van der Waals surface area contributed by atoms with Gasteiger partial charge in [-0.05, 0) is 46.6 Å². The van der Waals surface area contributed by atoms with Crippen molar-refractivity contribution in [2.75, 3.05) is 19.7 Å². The van der Waals surface area contributed by atoms with E-state index in [-0.39, 0.29) is 50.3 Å². The van der Waals surface area contributed by atoms with E-state index >= 15 is 0 Å². The normalized spacial score (nSPS) is 12.6. The zero-order valence-corrected chi connectivity index (χ0v) is 22.7. The van der Waals surface area contributed by atoms with Gasteiger partial charge in [-0.25, -0.2) is 4.79 Å². The maximum Gasteiger partial charge on any atom is 0.408 e. The molecule has 2 unspecified atom stereocenters. The van der Waals surface area contributed by atoms with E-state index in [0.29, 0.717) is 6.42 Å². The van der Waals surface area contributed by atoms with E-state index in [1.165, 1.54) is 17.0 Å². The minimum Gasteiger partial charge on any atom is -0.508 e. The Hall–Kier alpha value is -3.83. The number of benzene rings is 1. The molecule has 212 valence electrons. The van der Waals surface area contributed by atoms with Crippen molar-refractivity contribution in [3.63, 3.8) is 0 Å². The van der Waals surface area contributed by atoms with Crippen molar-refractivity contribution in [3.8, 4) is 5.75 Å². The minimum atomic E-state index is -1.30. The number of esters is 1. The third-order valence-corrected chi connectivity index (χ3v) is 5.14. The van der Waals surface area contributed by atoms with Gasteiger partial charge in [-0.2, -0.15) is 0 Å². The first kappa shape index (κ1) is 32.2. The molecule has 12 heteroatoms. The molecule has 0 aliphatic heterocycles. The van der Waals surface area contributed by atoms with Crippen LogP contribution in [0.2, 0.25) is 0 Å². The second-order valence-electron chi connectivity index (χ2n) is 9.54. The van der Waals surface area contributed by atoms with Crippen LogP contribution in [0.5, 0.6) is 5.75 Å². The average Bonchev–Trinajstić information content (AvgIpc) is 2.81. The Bertz CT molecular complexity index is 976. The summed E-state index contributed by atoms with van der Waals surface area (Å²) < 4.78 is 10.1. The summed E-state index contributed by atoms with van der Waals surface area (Å²) >= 11 is 0. The molecule has 1 rings (SSSR count). The Kier molecular flexibility index (Phi) is 13.1. The van der Waals surface area contributed by atoms with E-state index in [9.17, 15) is 29.1 Å². The zero-order valence-electron chi connectivity index (χ0n) is 22.7. The van der Waals surface area contributed by atoms with Crippen molar-refractivity contribution < 1.29 is 38.6 Å². The molecule has 0 aromatic heterocycles. The van der Waals surface area contributed by atoms with Crippen LogP contribution in [0.3, 0.4) is 0 Å². The second-order valence-corrected chi connectivity index (χ2v) is 9.54. The first-order valence-electron chi connectivity index (χ1n) is 12.6. The highest BCUT2D eigenvalue weighted by atomic mass is 16.6. The van der Waals surface area contributed by atoms with Gasteiger partial charge in [-0.1, -0.05) is 25.1 Å². The first-order chi connectivity index (χ1) is 17.8. The highest BCUT2D eigenvalue weighted by molar-refractivity contribution is 5.93. The Morgan fingerprint density at radius 1 is 1.08 bits per heavy atom. The molecule has 2 atom stereocenters. The number of amides is 4. The summed E-state index contributed by atoms with van der Waals surface area (Å²) in [5, 5.41) is 15.7. The van der Waals surface area contributed by atoms with Crippen LogP contribution in [-0.4, -0.2) is 71.1 Å². The molecule has 0 fully saturated rings. The summed E-state index contributed by atoms with van der Waals surface area (Å²) in [4.78, 5) is 64.1. The SMILES string of the molecule is CCCN(C(=O)C(CCC(N)=O)NC(=O)OC(C)(C)C)C(C(=O)NCCC(=O)OCC)c1ccccc1O. The lowest BCUT2D eigenvalue weighted by Gasteiger charge is -2.34. The lowest BCUT2D eigenvalue weighted by Crippen LogP contribution is -2.53. The van der Waals surface area contributed by atoms with Gasteiger partial charge in [-0.15, -0.1) is 0 Å². The van der Waals surface area contributed by atoms with E-state index in [2.05, 4.69) is 10.6 Å². The van der Waals surface area contributed by atoms with Crippen molar-refractivity contribution in [3.05, 3.63) is 29.8 Å². The Morgan fingerprint density at radius 3 is 2.29 bits per heavy atom. The van der Waals surface area contributed by atoms with Gasteiger partial charge < -0.3 is 35.8 Å². The van der Waals surface area contributed by atoms with Crippen LogP contribution in [0, 0.1) is 0 Å². The number of ether oxygens (including phenoxy) is 2. The van der Waals surface area contributed by atoms with Gasteiger partial charge in [0, 0.05) is 25.1 Å². The number of hydrogen-bond donors (Lipinski definition) is 4. The summed E-state index contributed by atoms with van der Waals surface area (Å²) in [6.45, 7) is 8.65. The standard InChI is InChI=1S/C26H40N4O8/c1-6-16-30(24(35)18(12-13-20(27)32)29-25(36)38-26(3,4)5)22(17-10-8-9-11-19(17)31)23(34)28-15-14-21(33)37-7-2/h8-11,18,22,31H,6-7,12-16H2,1-5H3,(H2,27,32)(H,28,34)(H,29,36). The summed E-state index contributed by atoms with van der Waals surface area (Å²) in [5.41, 5.74) is 4.59. The molecule has 0 aliphatic carbocycles. The van der Waals surface area contributed by atoms with Crippen LogP contribution in [-0.2, 0) is 28.7 Å². The van der Waals surface area contributed by atoms with Crippen molar-refractivity contribution >= 4 is 29.8 Å². The van der Waals surface area contributed by atoms with Gasteiger partial charge in [-0.3, -0.25) is 19.2 Å². The Balaban J connectivity index is 3.37. The number of rotatable bonds is 14. The summed E-state index contributed by atoms with van der Waals surface area (Å²) in [6, 6.07) is 3.51. The number of phenols is 1. The van der Waals surface area contributed by atoms with Gasteiger partial charge >= 0.3 is 12.1 Å². The Labute approximate surface area is 223 Å². The van der Waals surface area contributed by atoms with Gasteiger partial charge in [0.15, 0.2) is 0 Å². The van der Waals surface area contributed by atoms with Gasteiger partial charge in [0.2, 0.25) is 17.7 Å². The van der Waals surface area contributed by atoms with Gasteiger partial charge in [0.05, 0.1) is 13.0 Å². The van der Waals surface area contributed by atoms with Crippen LogP contribution >= 0.6 is 0 Å². The number of hydrogen-bond acceptors (Lipinski definition) is 8. The van der Waals surface area contributed by atoms with E-state index in [0.717, 1.165) is 0 Å². The van der Waals surface area contributed by atoms with Crippen LogP contribution in [0.25, 0.3) is 0 Å². The largest absolute Gasteiger partial charge is 0.508 e. The molecule has 4 amide bonds. The van der Waals surface area contributed by atoms with E-state index in [1.54, 1.807) is 46.8 Å². The molecule has 5 N–H and O–H groups in total. The lowest BCUT2D eigenvalue weighted by molar-refractivity contribution is -0.144. The molecule has 12 nitrogen and oxygen atoms in total. The topological polar surface area (TPSA) is 177 Å². The fraction of sp³-hybridized carbons (Fsp3) is 0.577. The minimum absolute atomic E-state index is 0.0584. The third-order valence-electron chi connectivity index (χ3n) is 5.14. The summed E-state index contributed by atoms with van der Waals surface area (Å²) in [5.74, 6) is -2.72. The number of para-hydroxylation sites is 1. The summed E-state index contributed by atoms with van der Waals surface area (Å²) in [6.07, 6.45) is -0.878. The first-order valence-corrected chi connectivity index (χ1v) is 12.6.